The first-order valence-corrected chi connectivity index (χ1v) is 6.76. The molecule has 3 nitrogen and oxygen atoms in total. The summed E-state index contributed by atoms with van der Waals surface area (Å²) in [5.74, 6) is -0.737. The summed E-state index contributed by atoms with van der Waals surface area (Å²) in [6.07, 6.45) is -0.0604. The minimum Gasteiger partial charge on any atom is -0.394 e. The number of amides is 1. The zero-order valence-corrected chi connectivity index (χ0v) is 11.8. The number of carbonyl (C=O) groups is 1. The van der Waals surface area contributed by atoms with E-state index in [4.69, 9.17) is 0 Å². The molecule has 0 aliphatic rings. The van der Waals surface area contributed by atoms with E-state index in [2.05, 4.69) is 5.32 Å². The molecule has 2 aromatic carbocycles. The van der Waals surface area contributed by atoms with Crippen molar-refractivity contribution < 1.29 is 14.3 Å². The molecule has 21 heavy (non-hydrogen) atoms. The molecule has 2 rings (SSSR count). The summed E-state index contributed by atoms with van der Waals surface area (Å²) >= 11 is 0. The molecule has 2 aromatic rings. The molecule has 0 saturated heterocycles. The van der Waals surface area contributed by atoms with Crippen molar-refractivity contribution in [3.05, 3.63) is 71.5 Å². The quantitative estimate of drug-likeness (QED) is 0.887. The molecule has 0 bridgehead atoms. The number of hydrogen-bond acceptors (Lipinski definition) is 2. The third-order valence-electron chi connectivity index (χ3n) is 3.45. The molecule has 0 radical (unpaired) electrons. The summed E-state index contributed by atoms with van der Waals surface area (Å²) in [6.45, 7) is 1.50. The van der Waals surface area contributed by atoms with Crippen molar-refractivity contribution in [3.63, 3.8) is 0 Å². The lowest BCUT2D eigenvalue weighted by Crippen LogP contribution is -2.47. The molecule has 0 spiro atoms. The zero-order chi connectivity index (χ0) is 15.3. The predicted octanol–water partition coefficient (Wildman–Crippen LogP) is 2.39. The molecule has 1 amide bonds. The van der Waals surface area contributed by atoms with Gasteiger partial charge in [-0.3, -0.25) is 4.79 Å². The maximum absolute atomic E-state index is 13.6. The molecule has 4 heteroatoms. The van der Waals surface area contributed by atoms with Gasteiger partial charge in [-0.25, -0.2) is 4.39 Å². The van der Waals surface area contributed by atoms with Gasteiger partial charge in [0.05, 0.1) is 18.6 Å². The smallest absolute Gasteiger partial charge is 0.225 e. The van der Waals surface area contributed by atoms with Crippen molar-refractivity contribution in [1.82, 2.24) is 5.32 Å². The van der Waals surface area contributed by atoms with Gasteiger partial charge in [0.1, 0.15) is 5.82 Å². The summed E-state index contributed by atoms with van der Waals surface area (Å²) in [5, 5.41) is 12.4. The van der Waals surface area contributed by atoms with Gasteiger partial charge in [-0.1, -0.05) is 48.5 Å². The van der Waals surface area contributed by atoms with Gasteiger partial charge in [0.25, 0.3) is 0 Å². The average Bonchev–Trinajstić information content (AvgIpc) is 2.50. The van der Waals surface area contributed by atoms with E-state index >= 15 is 0 Å². The van der Waals surface area contributed by atoms with E-state index in [9.17, 15) is 14.3 Å². The lowest BCUT2D eigenvalue weighted by Gasteiger charge is -2.29. The molecule has 1 atom stereocenters. The first-order chi connectivity index (χ1) is 10.0. The molecule has 0 heterocycles. The summed E-state index contributed by atoms with van der Waals surface area (Å²) in [6, 6.07) is 15.4. The average molecular weight is 287 g/mol. The fraction of sp³-hybridized carbons (Fsp3) is 0.235. The van der Waals surface area contributed by atoms with Crippen molar-refractivity contribution in [2.75, 3.05) is 6.61 Å². The van der Waals surface area contributed by atoms with Gasteiger partial charge in [0.15, 0.2) is 0 Å². The maximum atomic E-state index is 13.6. The Hall–Kier alpha value is -2.20. The van der Waals surface area contributed by atoms with E-state index < -0.39 is 11.4 Å². The minimum atomic E-state index is -0.885. The van der Waals surface area contributed by atoms with Crippen LogP contribution in [0.3, 0.4) is 0 Å². The second-order valence-electron chi connectivity index (χ2n) is 5.17. The van der Waals surface area contributed by atoms with Crippen LogP contribution in [0, 0.1) is 5.82 Å². The molecule has 0 aliphatic carbocycles. The molecule has 110 valence electrons. The number of benzene rings is 2. The van der Waals surface area contributed by atoms with Crippen LogP contribution in [0.1, 0.15) is 18.1 Å². The highest BCUT2D eigenvalue weighted by Gasteiger charge is 2.27. The fourth-order valence-electron chi connectivity index (χ4n) is 2.18. The van der Waals surface area contributed by atoms with Crippen LogP contribution in [0.15, 0.2) is 54.6 Å². The van der Waals surface area contributed by atoms with Gasteiger partial charge >= 0.3 is 0 Å². The van der Waals surface area contributed by atoms with Crippen molar-refractivity contribution in [2.45, 2.75) is 18.9 Å². The van der Waals surface area contributed by atoms with Gasteiger partial charge in [-0.2, -0.15) is 0 Å². The molecule has 0 aliphatic heterocycles. The van der Waals surface area contributed by atoms with Crippen molar-refractivity contribution >= 4 is 5.91 Å². The number of carbonyl (C=O) groups excluding carboxylic acids is 1. The normalized spacial score (nSPS) is 13.5. The van der Waals surface area contributed by atoms with E-state index in [1.807, 2.05) is 30.3 Å². The van der Waals surface area contributed by atoms with Gasteiger partial charge in [-0.15, -0.1) is 0 Å². The van der Waals surface area contributed by atoms with Gasteiger partial charge in [0.2, 0.25) is 5.91 Å². The Bertz CT molecular complexity index is 615. The lowest BCUT2D eigenvalue weighted by molar-refractivity contribution is -0.122. The van der Waals surface area contributed by atoms with E-state index in [-0.39, 0.29) is 18.9 Å². The van der Waals surface area contributed by atoms with E-state index in [1.165, 1.54) is 6.07 Å². The van der Waals surface area contributed by atoms with Crippen LogP contribution < -0.4 is 5.32 Å². The Morgan fingerprint density at radius 3 is 2.38 bits per heavy atom. The second kappa shape index (κ2) is 6.50. The van der Waals surface area contributed by atoms with Crippen LogP contribution in [0.25, 0.3) is 0 Å². The van der Waals surface area contributed by atoms with Gasteiger partial charge in [0, 0.05) is 0 Å². The molecule has 1 unspecified atom stereocenters. The van der Waals surface area contributed by atoms with Crippen LogP contribution in [-0.4, -0.2) is 17.6 Å². The summed E-state index contributed by atoms with van der Waals surface area (Å²) in [5.41, 5.74) is 0.251. The Balaban J connectivity index is 2.12. The van der Waals surface area contributed by atoms with E-state index in [0.717, 1.165) is 5.56 Å². The largest absolute Gasteiger partial charge is 0.394 e. The fourth-order valence-corrected chi connectivity index (χ4v) is 2.18. The lowest BCUT2D eigenvalue weighted by atomic mass is 9.92. The molecule has 0 saturated carbocycles. The maximum Gasteiger partial charge on any atom is 0.225 e. The van der Waals surface area contributed by atoms with Crippen LogP contribution in [0.5, 0.6) is 0 Å². The highest BCUT2D eigenvalue weighted by molar-refractivity contribution is 5.79. The SMILES string of the molecule is CC(CO)(NC(=O)Cc1ccccc1F)c1ccccc1. The number of rotatable bonds is 5. The number of aliphatic hydroxyl groups is 1. The first kappa shape index (κ1) is 15.2. The third-order valence-corrected chi connectivity index (χ3v) is 3.45. The molecular weight excluding hydrogens is 269 g/mol. The summed E-state index contributed by atoms with van der Waals surface area (Å²) in [7, 11) is 0. The number of aliphatic hydroxyl groups excluding tert-OH is 1. The van der Waals surface area contributed by atoms with Crippen LogP contribution in [0.2, 0.25) is 0 Å². The monoisotopic (exact) mass is 287 g/mol. The molecule has 2 N–H and O–H groups in total. The van der Waals surface area contributed by atoms with E-state index in [0.29, 0.717) is 5.56 Å². The Morgan fingerprint density at radius 1 is 1.14 bits per heavy atom. The standard InChI is InChI=1S/C17H18FNO2/c1-17(12-20,14-8-3-2-4-9-14)19-16(21)11-13-7-5-6-10-15(13)18/h2-10,20H,11-12H2,1H3,(H,19,21). The van der Waals surface area contributed by atoms with Crippen LogP contribution >= 0.6 is 0 Å². The minimum absolute atomic E-state index is 0.0604. The highest BCUT2D eigenvalue weighted by atomic mass is 19.1. The summed E-state index contributed by atoms with van der Waals surface area (Å²) in [4.78, 5) is 12.1. The first-order valence-electron chi connectivity index (χ1n) is 6.76. The molecular formula is C17H18FNO2. The topological polar surface area (TPSA) is 49.3 Å². The summed E-state index contributed by atoms with van der Waals surface area (Å²) < 4.78 is 13.6. The van der Waals surface area contributed by atoms with Gasteiger partial charge < -0.3 is 10.4 Å². The second-order valence-corrected chi connectivity index (χ2v) is 5.17. The van der Waals surface area contributed by atoms with Gasteiger partial charge in [-0.05, 0) is 24.1 Å². The van der Waals surface area contributed by atoms with Crippen molar-refractivity contribution in [1.29, 1.82) is 0 Å². The Morgan fingerprint density at radius 2 is 1.76 bits per heavy atom. The predicted molar refractivity (Wildman–Crippen MR) is 79.1 cm³/mol. The molecule has 0 fully saturated rings. The Kier molecular flexibility index (Phi) is 4.70. The van der Waals surface area contributed by atoms with Crippen molar-refractivity contribution in [2.24, 2.45) is 0 Å². The molecule has 0 aromatic heterocycles. The van der Waals surface area contributed by atoms with Crippen LogP contribution in [0.4, 0.5) is 4.39 Å². The number of halogens is 1. The Labute approximate surface area is 123 Å². The number of hydrogen-bond donors (Lipinski definition) is 2. The van der Waals surface area contributed by atoms with Crippen LogP contribution in [-0.2, 0) is 16.8 Å². The van der Waals surface area contributed by atoms with Crippen molar-refractivity contribution in [3.8, 4) is 0 Å². The third kappa shape index (κ3) is 3.67. The zero-order valence-electron chi connectivity index (χ0n) is 11.8. The highest BCUT2D eigenvalue weighted by Crippen LogP contribution is 2.20. The van der Waals surface area contributed by atoms with E-state index in [1.54, 1.807) is 25.1 Å². The number of nitrogens with one attached hydrogen (secondary N) is 1.